The van der Waals surface area contributed by atoms with E-state index in [1.54, 1.807) is 5.57 Å². The van der Waals surface area contributed by atoms with Crippen molar-refractivity contribution in [1.82, 2.24) is 0 Å². The number of rotatable bonds is 0. The molecule has 3 nitrogen and oxygen atoms in total. The van der Waals surface area contributed by atoms with Crippen molar-refractivity contribution in [2.45, 2.75) is 77.1 Å². The molecule has 1 saturated heterocycles. The normalized spacial score (nSPS) is 52.5. The summed E-state index contributed by atoms with van der Waals surface area (Å²) >= 11 is 0. The Morgan fingerprint density at radius 1 is 0.958 bits per heavy atom. The molecule has 1 spiro atoms. The number of ether oxygens (including phenoxy) is 2. The molecule has 3 saturated carbocycles. The van der Waals surface area contributed by atoms with Gasteiger partial charge in [0.05, 0.1) is 19.3 Å². The molecule has 0 aromatic carbocycles. The molecule has 4 fully saturated rings. The molecule has 4 aliphatic carbocycles. The number of hydrogen-bond donors (Lipinski definition) is 1. The Balaban J connectivity index is 1.47. The first-order valence-electron chi connectivity index (χ1n) is 10.2. The lowest BCUT2D eigenvalue weighted by Gasteiger charge is -2.58. The summed E-state index contributed by atoms with van der Waals surface area (Å²) in [5.41, 5.74) is 2.13. The zero-order chi connectivity index (χ0) is 16.6. The third kappa shape index (κ3) is 1.95. The lowest BCUT2D eigenvalue weighted by molar-refractivity contribution is -0.145. The van der Waals surface area contributed by atoms with E-state index >= 15 is 0 Å². The second kappa shape index (κ2) is 5.08. The summed E-state index contributed by atoms with van der Waals surface area (Å²) in [4.78, 5) is 0. The lowest BCUT2D eigenvalue weighted by atomic mass is 9.47. The molecule has 1 N–H and O–H groups in total. The van der Waals surface area contributed by atoms with E-state index in [0.29, 0.717) is 5.41 Å². The number of hydrogen-bond acceptors (Lipinski definition) is 3. The molecule has 5 aliphatic rings. The van der Waals surface area contributed by atoms with E-state index in [4.69, 9.17) is 9.47 Å². The van der Waals surface area contributed by atoms with E-state index in [1.165, 1.54) is 38.5 Å². The van der Waals surface area contributed by atoms with Gasteiger partial charge in [-0.05, 0) is 79.6 Å². The molecule has 5 rings (SSSR count). The summed E-state index contributed by atoms with van der Waals surface area (Å²) in [5, 5.41) is 10.6. The van der Waals surface area contributed by atoms with Crippen LogP contribution in [0.3, 0.4) is 0 Å². The van der Waals surface area contributed by atoms with Crippen molar-refractivity contribution in [3.8, 4) is 0 Å². The van der Waals surface area contributed by atoms with E-state index in [-0.39, 0.29) is 11.5 Å². The van der Waals surface area contributed by atoms with Gasteiger partial charge in [-0.2, -0.15) is 0 Å². The molecule has 6 unspecified atom stereocenters. The highest BCUT2D eigenvalue weighted by molar-refractivity contribution is 5.27. The zero-order valence-corrected chi connectivity index (χ0v) is 15.2. The van der Waals surface area contributed by atoms with Crippen LogP contribution in [0.1, 0.15) is 65.2 Å². The average molecular weight is 332 g/mol. The number of fused-ring (bicyclic) bond motifs is 5. The fourth-order valence-corrected chi connectivity index (χ4v) is 7.35. The summed E-state index contributed by atoms with van der Waals surface area (Å²) in [7, 11) is 0. The Morgan fingerprint density at radius 2 is 1.75 bits per heavy atom. The van der Waals surface area contributed by atoms with Gasteiger partial charge in [-0.25, -0.2) is 0 Å². The van der Waals surface area contributed by atoms with E-state index in [2.05, 4.69) is 19.9 Å². The maximum atomic E-state index is 10.6. The Morgan fingerprint density at radius 3 is 2.54 bits per heavy atom. The van der Waals surface area contributed by atoms with Crippen molar-refractivity contribution in [3.63, 3.8) is 0 Å². The van der Waals surface area contributed by atoms with Gasteiger partial charge in [0.15, 0.2) is 5.79 Å². The van der Waals surface area contributed by atoms with Crippen LogP contribution in [0.25, 0.3) is 0 Å². The van der Waals surface area contributed by atoms with Crippen molar-refractivity contribution in [2.24, 2.45) is 28.6 Å². The Kier molecular flexibility index (Phi) is 3.35. The minimum Gasteiger partial charge on any atom is -0.393 e. The van der Waals surface area contributed by atoms with Gasteiger partial charge in [-0.3, -0.25) is 0 Å². The molecule has 24 heavy (non-hydrogen) atoms. The van der Waals surface area contributed by atoms with Crippen molar-refractivity contribution in [1.29, 1.82) is 0 Å². The molecule has 0 bridgehead atoms. The Bertz CT molecular complexity index is 563. The highest BCUT2D eigenvalue weighted by Gasteiger charge is 2.59. The predicted molar refractivity (Wildman–Crippen MR) is 92.3 cm³/mol. The molecular formula is C21H32O3. The monoisotopic (exact) mass is 332 g/mol. The lowest BCUT2D eigenvalue weighted by Crippen LogP contribution is -2.52. The van der Waals surface area contributed by atoms with Crippen molar-refractivity contribution < 1.29 is 14.6 Å². The van der Waals surface area contributed by atoms with Crippen LogP contribution in [0.5, 0.6) is 0 Å². The number of aliphatic hydroxyl groups excluding tert-OH is 1. The third-order valence-corrected chi connectivity index (χ3v) is 8.85. The number of aliphatic hydroxyl groups is 1. The summed E-state index contributed by atoms with van der Waals surface area (Å²) in [6, 6.07) is 0. The fourth-order valence-electron chi connectivity index (χ4n) is 7.35. The van der Waals surface area contributed by atoms with Crippen LogP contribution in [0.15, 0.2) is 11.6 Å². The molecule has 3 heteroatoms. The third-order valence-electron chi connectivity index (χ3n) is 8.85. The smallest absolute Gasteiger partial charge is 0.188 e. The summed E-state index contributed by atoms with van der Waals surface area (Å²) in [6.45, 7) is 6.37. The summed E-state index contributed by atoms with van der Waals surface area (Å²) in [5.74, 6) is 1.94. The van der Waals surface area contributed by atoms with Gasteiger partial charge in [0.25, 0.3) is 0 Å². The maximum Gasteiger partial charge on any atom is 0.188 e. The molecule has 134 valence electrons. The van der Waals surface area contributed by atoms with Gasteiger partial charge >= 0.3 is 0 Å². The van der Waals surface area contributed by atoms with Gasteiger partial charge < -0.3 is 14.6 Å². The molecule has 0 aromatic rings. The quantitative estimate of drug-likeness (QED) is 0.680. The first-order chi connectivity index (χ1) is 11.5. The van der Waals surface area contributed by atoms with Crippen LogP contribution in [0.2, 0.25) is 0 Å². The minimum atomic E-state index is -0.394. The first-order valence-corrected chi connectivity index (χ1v) is 10.2. The predicted octanol–water partition coefficient (Wildman–Crippen LogP) is 4.05. The Labute approximate surface area is 145 Å². The van der Waals surface area contributed by atoms with Crippen LogP contribution >= 0.6 is 0 Å². The van der Waals surface area contributed by atoms with Crippen molar-refractivity contribution >= 4 is 0 Å². The SMILES string of the molecule is CC12CCC3(C=C1CCC1C2CCC2(C)C(O)CCC12)OCCO3. The van der Waals surface area contributed by atoms with Gasteiger partial charge in [-0.15, -0.1) is 0 Å². The van der Waals surface area contributed by atoms with Crippen LogP contribution < -0.4 is 0 Å². The second-order valence-electron chi connectivity index (χ2n) is 9.65. The number of allylic oxidation sites excluding steroid dienone is 1. The average Bonchev–Trinajstić information content (AvgIpc) is 3.14. The van der Waals surface area contributed by atoms with Gasteiger partial charge in [0.1, 0.15) is 0 Å². The molecule has 0 radical (unpaired) electrons. The van der Waals surface area contributed by atoms with Crippen LogP contribution in [0, 0.1) is 28.6 Å². The summed E-state index contributed by atoms with van der Waals surface area (Å²) in [6.07, 6.45) is 11.8. The largest absolute Gasteiger partial charge is 0.393 e. The van der Waals surface area contributed by atoms with E-state index < -0.39 is 5.79 Å². The Hall–Kier alpha value is -0.380. The van der Waals surface area contributed by atoms with Gasteiger partial charge in [0.2, 0.25) is 0 Å². The topological polar surface area (TPSA) is 38.7 Å². The zero-order valence-electron chi connectivity index (χ0n) is 15.2. The van der Waals surface area contributed by atoms with Gasteiger partial charge in [0, 0.05) is 6.42 Å². The minimum absolute atomic E-state index is 0.0666. The fraction of sp³-hybridized carbons (Fsp3) is 0.905. The van der Waals surface area contributed by atoms with Crippen LogP contribution in [-0.4, -0.2) is 30.2 Å². The highest BCUT2D eigenvalue weighted by Crippen LogP contribution is 2.66. The molecular weight excluding hydrogens is 300 g/mol. The molecule has 1 heterocycles. The molecule has 6 atom stereocenters. The van der Waals surface area contributed by atoms with Crippen molar-refractivity contribution in [3.05, 3.63) is 11.6 Å². The van der Waals surface area contributed by atoms with Crippen LogP contribution in [-0.2, 0) is 9.47 Å². The van der Waals surface area contributed by atoms with E-state index in [9.17, 15) is 5.11 Å². The maximum absolute atomic E-state index is 10.6. The molecule has 0 amide bonds. The van der Waals surface area contributed by atoms with Crippen molar-refractivity contribution in [2.75, 3.05) is 13.2 Å². The standard InChI is InChI=1S/C21H32O3/c1-19-9-10-21(23-11-12-24-21)13-14(19)3-4-15-16-5-6-18(22)20(16,2)8-7-17(15)19/h13,15-18,22H,3-12H2,1-2H3. The molecule has 0 aromatic heterocycles. The molecule has 1 aliphatic heterocycles. The highest BCUT2D eigenvalue weighted by atomic mass is 16.7. The summed E-state index contributed by atoms with van der Waals surface area (Å²) < 4.78 is 12.0. The van der Waals surface area contributed by atoms with Gasteiger partial charge in [-0.1, -0.05) is 19.4 Å². The van der Waals surface area contributed by atoms with E-state index in [0.717, 1.165) is 43.8 Å². The van der Waals surface area contributed by atoms with Crippen LogP contribution in [0.4, 0.5) is 0 Å². The first kappa shape index (κ1) is 15.8. The van der Waals surface area contributed by atoms with E-state index in [1.807, 2.05) is 0 Å². The second-order valence-corrected chi connectivity index (χ2v) is 9.65.